The quantitative estimate of drug-likeness (QED) is 0.444. The van der Waals surface area contributed by atoms with E-state index in [-0.39, 0.29) is 18.2 Å². The van der Waals surface area contributed by atoms with E-state index in [1.165, 1.54) is 25.5 Å². The van der Waals surface area contributed by atoms with Gasteiger partial charge >= 0.3 is 0 Å². The molecule has 0 spiro atoms. The number of carbonyl (C=O) groups is 1. The summed E-state index contributed by atoms with van der Waals surface area (Å²) in [6.07, 6.45) is 8.30. The minimum Gasteiger partial charge on any atom is -0.388 e. The first-order valence-corrected chi connectivity index (χ1v) is 8.17. The molecule has 0 aromatic rings. The third-order valence-corrected chi connectivity index (χ3v) is 3.73. The second-order valence-corrected chi connectivity index (χ2v) is 6.14. The van der Waals surface area contributed by atoms with Crippen LogP contribution < -0.4 is 5.73 Å². The van der Waals surface area contributed by atoms with E-state index in [9.17, 15) is 4.79 Å². The maximum atomic E-state index is 10.5. The maximum absolute atomic E-state index is 10.5. The van der Waals surface area contributed by atoms with Crippen LogP contribution in [0.15, 0.2) is 16.8 Å². The largest absolute Gasteiger partial charge is 0.388 e. The van der Waals surface area contributed by atoms with Crippen molar-refractivity contribution >= 4 is 45.7 Å². The van der Waals surface area contributed by atoms with Crippen LogP contribution in [0.3, 0.4) is 0 Å². The molecule has 0 saturated heterocycles. The number of ketones is 1. The maximum Gasteiger partial charge on any atom is 0.146 e. The molecular weight excluding hydrogens is 354 g/mol. The Kier molecular flexibility index (Phi) is 9.79. The second kappa shape index (κ2) is 10.1. The smallest absolute Gasteiger partial charge is 0.146 e. The van der Waals surface area contributed by atoms with Gasteiger partial charge in [-0.15, -0.1) is 12.4 Å². The Morgan fingerprint density at radius 1 is 1.43 bits per heavy atom. The average Bonchev–Trinajstić information content (AvgIpc) is 3.27. The highest BCUT2D eigenvalue weighted by atomic mass is 79.9. The van der Waals surface area contributed by atoms with Crippen molar-refractivity contribution < 1.29 is 4.79 Å². The summed E-state index contributed by atoms with van der Waals surface area (Å²) in [5, 5.41) is 6.83. The van der Waals surface area contributed by atoms with Crippen LogP contribution in [0.1, 0.15) is 46.0 Å². The normalized spacial score (nSPS) is 18.8. The van der Waals surface area contributed by atoms with E-state index in [4.69, 9.17) is 11.1 Å². The molecule has 6 heteroatoms. The van der Waals surface area contributed by atoms with Crippen molar-refractivity contribution in [3.8, 4) is 0 Å². The summed E-state index contributed by atoms with van der Waals surface area (Å²) in [5.41, 5.74) is 7.56. The van der Waals surface area contributed by atoms with Gasteiger partial charge in [-0.25, -0.2) is 0 Å². The second-order valence-electron chi connectivity index (χ2n) is 5.58. The van der Waals surface area contributed by atoms with Crippen LogP contribution in [0.4, 0.5) is 0 Å². The summed E-state index contributed by atoms with van der Waals surface area (Å²) in [7, 11) is 0. The van der Waals surface area contributed by atoms with Crippen molar-refractivity contribution in [2.24, 2.45) is 22.6 Å². The fourth-order valence-electron chi connectivity index (χ4n) is 1.80. The molecule has 2 saturated carbocycles. The molecule has 0 atom stereocenters. The fraction of sp³-hybridized carbons (Fsp3) is 0.667. The molecule has 0 radical (unpaired) electrons. The van der Waals surface area contributed by atoms with Gasteiger partial charge in [0.15, 0.2) is 0 Å². The summed E-state index contributed by atoms with van der Waals surface area (Å²) in [6.45, 7) is 3.63. The van der Waals surface area contributed by atoms with Crippen LogP contribution in [0, 0.1) is 17.2 Å². The zero-order chi connectivity index (χ0) is 15.1. The molecule has 3 aliphatic rings. The zero-order valence-corrected chi connectivity index (χ0v) is 15.1. The first-order chi connectivity index (χ1) is 9.43. The first-order valence-electron chi connectivity index (χ1n) is 7.05. The molecule has 1 heterocycles. The molecule has 3 rings (SSSR count). The van der Waals surface area contributed by atoms with Crippen LogP contribution in [-0.2, 0) is 4.79 Å². The third-order valence-electron chi connectivity index (χ3n) is 3.18. The number of Topliss-reactive ketones (excluding diaryl/α,β-unsaturated/α-hetero) is 1. The predicted molar refractivity (Wildman–Crippen MR) is 94.9 cm³/mol. The standard InChI is InChI=1S/C8H11N.C5H7BrO.C2H6N2.ClH/c1-6-4-8(5-9-6)7-2-3-7;6-3-5(7)4-1-2-4;1-2(3)4;/h5,7H,2-4H2,1H3;4H,1-3H2;1H3,(H3,3,4);1H. The molecule has 4 nitrogen and oxygen atoms in total. The Morgan fingerprint density at radius 2 is 1.95 bits per heavy atom. The van der Waals surface area contributed by atoms with Gasteiger partial charge in [0.25, 0.3) is 0 Å². The van der Waals surface area contributed by atoms with Crippen molar-refractivity contribution in [1.29, 1.82) is 5.41 Å². The Hall–Kier alpha value is -0.680. The summed E-state index contributed by atoms with van der Waals surface area (Å²) >= 11 is 3.11. The molecule has 0 bridgehead atoms. The Morgan fingerprint density at radius 3 is 2.19 bits per heavy atom. The highest BCUT2D eigenvalue weighted by Crippen LogP contribution is 2.39. The predicted octanol–water partition coefficient (Wildman–Crippen LogP) is 3.87. The number of allylic oxidation sites excluding steroid dienone is 1. The molecule has 0 unspecified atom stereocenters. The molecular formula is C15H25BrClN3O. The molecule has 2 fully saturated rings. The van der Waals surface area contributed by atoms with E-state index in [0.29, 0.717) is 17.0 Å². The molecule has 21 heavy (non-hydrogen) atoms. The van der Waals surface area contributed by atoms with E-state index in [0.717, 1.165) is 25.2 Å². The number of carbonyl (C=O) groups excluding carboxylic acids is 1. The number of nitrogens with one attached hydrogen (secondary N) is 1. The summed E-state index contributed by atoms with van der Waals surface area (Å²) in [5.74, 6) is 1.89. The minimum atomic E-state index is 0. The fourth-order valence-corrected chi connectivity index (χ4v) is 2.26. The van der Waals surface area contributed by atoms with Crippen LogP contribution >= 0.6 is 28.3 Å². The van der Waals surface area contributed by atoms with E-state index < -0.39 is 0 Å². The van der Waals surface area contributed by atoms with E-state index >= 15 is 0 Å². The molecule has 0 aromatic heterocycles. The number of nitrogens with two attached hydrogens (primary N) is 1. The van der Waals surface area contributed by atoms with Crippen LogP contribution in [0.25, 0.3) is 0 Å². The van der Waals surface area contributed by atoms with Gasteiger partial charge in [-0.3, -0.25) is 15.2 Å². The van der Waals surface area contributed by atoms with Crippen molar-refractivity contribution in [1.82, 2.24) is 0 Å². The average molecular weight is 379 g/mol. The zero-order valence-electron chi connectivity index (χ0n) is 12.7. The first kappa shape index (κ1) is 20.3. The lowest BCUT2D eigenvalue weighted by Crippen LogP contribution is -2.00. The van der Waals surface area contributed by atoms with Gasteiger partial charge in [-0.05, 0) is 51.0 Å². The summed E-state index contributed by atoms with van der Waals surface area (Å²) in [4.78, 5) is 14.8. The summed E-state index contributed by atoms with van der Waals surface area (Å²) < 4.78 is 0. The van der Waals surface area contributed by atoms with Crippen LogP contribution in [0.2, 0.25) is 0 Å². The van der Waals surface area contributed by atoms with E-state index in [2.05, 4.69) is 34.0 Å². The number of rotatable bonds is 3. The van der Waals surface area contributed by atoms with Gasteiger partial charge in [0.2, 0.25) is 0 Å². The number of halogens is 2. The number of aliphatic imine (C=N–C) groups is 1. The third kappa shape index (κ3) is 9.80. The molecule has 2 aliphatic carbocycles. The SMILES string of the molecule is CC(=N)N.CC1=NC=C(C2CC2)C1.Cl.O=C(CBr)C1CC1. The van der Waals surface area contributed by atoms with E-state index in [1.54, 1.807) is 5.57 Å². The van der Waals surface area contributed by atoms with E-state index in [1.807, 2.05) is 0 Å². The van der Waals surface area contributed by atoms with Gasteiger partial charge in [-0.1, -0.05) is 15.9 Å². The lowest BCUT2D eigenvalue weighted by atomic mass is 10.1. The molecule has 0 amide bonds. The molecule has 3 N–H and O–H groups in total. The van der Waals surface area contributed by atoms with Crippen molar-refractivity contribution in [3.63, 3.8) is 0 Å². The number of alkyl halides is 1. The Balaban J connectivity index is 0.000000302. The van der Waals surface area contributed by atoms with Crippen LogP contribution in [-0.4, -0.2) is 22.7 Å². The Labute approximate surface area is 141 Å². The number of amidine groups is 1. The van der Waals surface area contributed by atoms with Gasteiger partial charge < -0.3 is 5.73 Å². The topological polar surface area (TPSA) is 79.3 Å². The lowest BCUT2D eigenvalue weighted by Gasteiger charge is -1.93. The molecule has 1 aliphatic heterocycles. The number of hydrogen-bond acceptors (Lipinski definition) is 3. The minimum absolute atomic E-state index is 0. The number of hydrogen-bond donors (Lipinski definition) is 2. The van der Waals surface area contributed by atoms with Crippen molar-refractivity contribution in [3.05, 3.63) is 11.8 Å². The van der Waals surface area contributed by atoms with Gasteiger partial charge in [0.05, 0.1) is 11.2 Å². The molecule has 0 aromatic carbocycles. The monoisotopic (exact) mass is 377 g/mol. The lowest BCUT2D eigenvalue weighted by molar-refractivity contribution is -0.117. The highest BCUT2D eigenvalue weighted by Gasteiger charge is 2.28. The number of nitrogens with zero attached hydrogens (tertiary/aromatic N) is 1. The summed E-state index contributed by atoms with van der Waals surface area (Å²) in [6, 6.07) is 0. The van der Waals surface area contributed by atoms with Gasteiger partial charge in [-0.2, -0.15) is 0 Å². The van der Waals surface area contributed by atoms with Gasteiger partial charge in [0.1, 0.15) is 5.78 Å². The highest BCUT2D eigenvalue weighted by molar-refractivity contribution is 9.09. The van der Waals surface area contributed by atoms with Crippen LogP contribution in [0.5, 0.6) is 0 Å². The van der Waals surface area contributed by atoms with Crippen molar-refractivity contribution in [2.45, 2.75) is 46.0 Å². The van der Waals surface area contributed by atoms with Gasteiger partial charge in [0, 0.05) is 24.3 Å². The molecule has 120 valence electrons. The van der Waals surface area contributed by atoms with Crippen molar-refractivity contribution in [2.75, 3.05) is 5.33 Å². The Bertz CT molecular complexity index is 423.